The van der Waals surface area contributed by atoms with E-state index in [1.165, 1.54) is 6.07 Å². The Morgan fingerprint density at radius 2 is 1.79 bits per heavy atom. The van der Waals surface area contributed by atoms with Gasteiger partial charge in [0.2, 0.25) is 0 Å². The van der Waals surface area contributed by atoms with E-state index in [0.717, 1.165) is 19.5 Å². The number of hydrogen-bond acceptors (Lipinski definition) is 3. The van der Waals surface area contributed by atoms with Crippen molar-refractivity contribution in [3.8, 4) is 0 Å². The molecule has 0 atom stereocenters. The van der Waals surface area contributed by atoms with E-state index in [2.05, 4.69) is 10.6 Å². The van der Waals surface area contributed by atoms with E-state index in [1.807, 2.05) is 0 Å². The minimum absolute atomic E-state index is 0. The molecule has 0 spiro atoms. The third kappa shape index (κ3) is 8.63. The second kappa shape index (κ2) is 12.9. The van der Waals surface area contributed by atoms with Crippen molar-refractivity contribution in [2.45, 2.75) is 13.0 Å². The Labute approximate surface area is 130 Å². The number of nitrogens with one attached hydrogen (secondary N) is 2. The molecule has 3 N–H and O–H groups in total. The molecule has 0 aromatic heterocycles. The smallest absolute Gasteiger partial charge is 0.129 e. The van der Waals surface area contributed by atoms with Gasteiger partial charge in [0.25, 0.3) is 0 Å². The van der Waals surface area contributed by atoms with Crippen molar-refractivity contribution in [2.24, 2.45) is 0 Å². The minimum atomic E-state index is -0.275. The summed E-state index contributed by atoms with van der Waals surface area (Å²) in [5.41, 5.74) is 0.512. The van der Waals surface area contributed by atoms with Gasteiger partial charge < -0.3 is 15.7 Å². The van der Waals surface area contributed by atoms with Crippen molar-refractivity contribution in [1.29, 1.82) is 0 Å². The van der Waals surface area contributed by atoms with Gasteiger partial charge in [0.05, 0.1) is 6.61 Å². The fraction of sp³-hybridized carbons (Fsp3) is 0.500. The molecule has 0 aliphatic rings. The van der Waals surface area contributed by atoms with E-state index < -0.39 is 0 Å². The lowest BCUT2D eigenvalue weighted by molar-refractivity contribution is 0.292. The molecule has 19 heavy (non-hydrogen) atoms. The average Bonchev–Trinajstić information content (AvgIpc) is 2.31. The lowest BCUT2D eigenvalue weighted by Crippen LogP contribution is -2.24. The van der Waals surface area contributed by atoms with E-state index in [0.29, 0.717) is 23.7 Å². The SMILES string of the molecule is Cl.Cl.OCCNCCCNCc1c(F)cccc1Cl. The summed E-state index contributed by atoms with van der Waals surface area (Å²) in [6.45, 7) is 2.81. The zero-order valence-electron chi connectivity index (χ0n) is 10.5. The minimum Gasteiger partial charge on any atom is -0.395 e. The zero-order chi connectivity index (χ0) is 12.5. The van der Waals surface area contributed by atoms with Crippen LogP contribution in [0.4, 0.5) is 4.39 Å². The molecule has 1 aromatic rings. The quantitative estimate of drug-likeness (QED) is 0.640. The number of rotatable bonds is 8. The summed E-state index contributed by atoms with van der Waals surface area (Å²) in [5.74, 6) is -0.275. The fourth-order valence-electron chi connectivity index (χ4n) is 1.46. The Kier molecular flexibility index (Phi) is 14.4. The fourth-order valence-corrected chi connectivity index (χ4v) is 1.69. The van der Waals surface area contributed by atoms with Crippen molar-refractivity contribution in [2.75, 3.05) is 26.2 Å². The van der Waals surface area contributed by atoms with Crippen LogP contribution in [-0.4, -0.2) is 31.3 Å². The Morgan fingerprint density at radius 3 is 2.42 bits per heavy atom. The Balaban J connectivity index is 0. The first kappa shape index (κ1) is 21.2. The Bertz CT molecular complexity index is 323. The molecule has 3 nitrogen and oxygen atoms in total. The van der Waals surface area contributed by atoms with Gasteiger partial charge in [-0.1, -0.05) is 17.7 Å². The van der Waals surface area contributed by atoms with Crippen molar-refractivity contribution in [1.82, 2.24) is 10.6 Å². The highest BCUT2D eigenvalue weighted by Gasteiger charge is 2.05. The second-order valence-electron chi connectivity index (χ2n) is 3.70. The van der Waals surface area contributed by atoms with E-state index in [9.17, 15) is 4.39 Å². The number of hydrogen-bond donors (Lipinski definition) is 3. The molecule has 0 radical (unpaired) electrons. The van der Waals surface area contributed by atoms with Crippen LogP contribution in [-0.2, 0) is 6.54 Å². The summed E-state index contributed by atoms with van der Waals surface area (Å²) in [6, 6.07) is 4.69. The van der Waals surface area contributed by atoms with Gasteiger partial charge in [-0.25, -0.2) is 4.39 Å². The summed E-state index contributed by atoms with van der Waals surface area (Å²) in [6.07, 6.45) is 0.923. The first-order chi connectivity index (χ1) is 8.25. The summed E-state index contributed by atoms with van der Waals surface area (Å²) >= 11 is 5.89. The van der Waals surface area contributed by atoms with Crippen molar-refractivity contribution in [3.63, 3.8) is 0 Å². The summed E-state index contributed by atoms with van der Waals surface area (Å²) < 4.78 is 13.4. The van der Waals surface area contributed by atoms with E-state index >= 15 is 0 Å². The monoisotopic (exact) mass is 332 g/mol. The van der Waals surface area contributed by atoms with Crippen molar-refractivity contribution in [3.05, 3.63) is 34.6 Å². The normalized spacial score (nSPS) is 9.63. The van der Waals surface area contributed by atoms with E-state index in [1.54, 1.807) is 12.1 Å². The Morgan fingerprint density at radius 1 is 1.11 bits per heavy atom. The van der Waals surface area contributed by atoms with Crippen LogP contribution in [0.3, 0.4) is 0 Å². The molecule has 0 bridgehead atoms. The topological polar surface area (TPSA) is 44.3 Å². The first-order valence-corrected chi connectivity index (χ1v) is 6.08. The molecule has 0 aliphatic carbocycles. The van der Waals surface area contributed by atoms with Gasteiger partial charge in [-0.15, -0.1) is 24.8 Å². The summed E-state index contributed by atoms with van der Waals surface area (Å²) in [5, 5.41) is 15.2. The highest BCUT2D eigenvalue weighted by Crippen LogP contribution is 2.18. The highest BCUT2D eigenvalue weighted by atomic mass is 35.5. The molecular formula is C12H20Cl3FN2O. The molecule has 0 fully saturated rings. The van der Waals surface area contributed by atoms with Gasteiger partial charge in [0.1, 0.15) is 5.82 Å². The van der Waals surface area contributed by atoms with Crippen LogP contribution in [0.1, 0.15) is 12.0 Å². The number of halogens is 4. The van der Waals surface area contributed by atoms with Crippen LogP contribution >= 0.6 is 36.4 Å². The first-order valence-electron chi connectivity index (χ1n) is 5.71. The number of benzene rings is 1. The number of aliphatic hydroxyl groups is 1. The average molecular weight is 334 g/mol. The molecule has 0 unspecified atom stereocenters. The van der Waals surface area contributed by atoms with Crippen molar-refractivity contribution < 1.29 is 9.50 Å². The van der Waals surface area contributed by atoms with Crippen LogP contribution in [0.25, 0.3) is 0 Å². The van der Waals surface area contributed by atoms with Gasteiger partial charge >= 0.3 is 0 Å². The van der Waals surface area contributed by atoms with Crippen LogP contribution in [0, 0.1) is 5.82 Å². The van der Waals surface area contributed by atoms with Gasteiger partial charge in [-0.2, -0.15) is 0 Å². The maximum atomic E-state index is 13.4. The molecular weight excluding hydrogens is 314 g/mol. The van der Waals surface area contributed by atoms with E-state index in [4.69, 9.17) is 16.7 Å². The van der Waals surface area contributed by atoms with Gasteiger partial charge in [0, 0.05) is 23.7 Å². The van der Waals surface area contributed by atoms with Gasteiger partial charge in [-0.05, 0) is 31.6 Å². The Hall–Kier alpha value is -0.100. The molecule has 0 saturated heterocycles. The lowest BCUT2D eigenvalue weighted by Gasteiger charge is -2.08. The summed E-state index contributed by atoms with van der Waals surface area (Å²) in [7, 11) is 0. The third-order valence-corrected chi connectivity index (χ3v) is 2.71. The van der Waals surface area contributed by atoms with Crippen LogP contribution < -0.4 is 10.6 Å². The molecule has 0 aliphatic heterocycles. The number of aliphatic hydroxyl groups excluding tert-OH is 1. The maximum Gasteiger partial charge on any atom is 0.129 e. The second-order valence-corrected chi connectivity index (χ2v) is 4.11. The maximum absolute atomic E-state index is 13.4. The highest BCUT2D eigenvalue weighted by molar-refractivity contribution is 6.31. The van der Waals surface area contributed by atoms with Gasteiger partial charge in [0.15, 0.2) is 0 Å². The standard InChI is InChI=1S/C12H18ClFN2O.2ClH/c13-11-3-1-4-12(14)10(11)9-16-6-2-5-15-7-8-17;;/h1,3-4,15-17H,2,5-9H2;2*1H. The molecule has 0 heterocycles. The van der Waals surface area contributed by atoms with Crippen LogP contribution in [0.2, 0.25) is 5.02 Å². The van der Waals surface area contributed by atoms with Crippen LogP contribution in [0.15, 0.2) is 18.2 Å². The van der Waals surface area contributed by atoms with Crippen molar-refractivity contribution >= 4 is 36.4 Å². The molecule has 112 valence electrons. The molecule has 0 amide bonds. The summed E-state index contributed by atoms with van der Waals surface area (Å²) in [4.78, 5) is 0. The molecule has 1 aromatic carbocycles. The predicted molar refractivity (Wildman–Crippen MR) is 82.2 cm³/mol. The lowest BCUT2D eigenvalue weighted by atomic mass is 10.2. The molecule has 0 saturated carbocycles. The molecule has 1 rings (SSSR count). The van der Waals surface area contributed by atoms with E-state index in [-0.39, 0.29) is 37.2 Å². The third-order valence-electron chi connectivity index (χ3n) is 2.36. The molecule has 7 heteroatoms. The predicted octanol–water partition coefficient (Wildman–Crippen LogP) is 2.38. The largest absolute Gasteiger partial charge is 0.395 e. The van der Waals surface area contributed by atoms with Crippen LogP contribution in [0.5, 0.6) is 0 Å². The van der Waals surface area contributed by atoms with Gasteiger partial charge in [-0.3, -0.25) is 0 Å². The zero-order valence-corrected chi connectivity index (χ0v) is 12.9.